The van der Waals surface area contributed by atoms with Gasteiger partial charge in [-0.25, -0.2) is 0 Å². The van der Waals surface area contributed by atoms with Gasteiger partial charge in [-0.05, 0) is 65.2 Å². The van der Waals surface area contributed by atoms with E-state index in [2.05, 4.69) is 83.1 Å². The largest absolute Gasteiger partial charge is 0.376 e. The van der Waals surface area contributed by atoms with Crippen LogP contribution in [0.1, 0.15) is 95.9 Å². The van der Waals surface area contributed by atoms with Crippen LogP contribution in [0.15, 0.2) is 0 Å². The summed E-state index contributed by atoms with van der Waals surface area (Å²) in [5.74, 6) is 0. The molecule has 2 nitrogen and oxygen atoms in total. The molecule has 0 spiro atoms. The number of rotatable bonds is 6. The van der Waals surface area contributed by atoms with Gasteiger partial charge in [-0.2, -0.15) is 0 Å². The average Bonchev–Trinajstić information content (AvgIpc) is 2.07. The molecule has 0 N–H and O–H groups in total. The Bertz CT molecular complexity index is 228. The van der Waals surface area contributed by atoms with Gasteiger partial charge in [0.05, 0.1) is 24.4 Å². The smallest absolute Gasteiger partial charge is 0.0555 e. The molecule has 2 heteroatoms. The molecule has 1 unspecified atom stereocenters. The standard InChI is InChI=1S/2C10H22O/c2*1-8(2)11-9(3)7-10(4,5)6/h2*8-9H,7H2,1-6H3/t9-;/m1./s1. The Morgan fingerprint density at radius 2 is 0.773 bits per heavy atom. The molecule has 0 bridgehead atoms. The highest BCUT2D eigenvalue weighted by molar-refractivity contribution is 4.67. The maximum Gasteiger partial charge on any atom is 0.0555 e. The van der Waals surface area contributed by atoms with E-state index in [0.717, 1.165) is 12.8 Å². The third-order valence-corrected chi connectivity index (χ3v) is 2.81. The first-order valence-corrected chi connectivity index (χ1v) is 8.93. The van der Waals surface area contributed by atoms with E-state index in [4.69, 9.17) is 9.47 Å². The molecule has 0 aromatic rings. The van der Waals surface area contributed by atoms with E-state index in [0.29, 0.717) is 35.2 Å². The summed E-state index contributed by atoms with van der Waals surface area (Å²) >= 11 is 0. The Labute approximate surface area is 141 Å². The van der Waals surface area contributed by atoms with E-state index < -0.39 is 0 Å². The highest BCUT2D eigenvalue weighted by atomic mass is 16.5. The van der Waals surface area contributed by atoms with Gasteiger partial charge in [0, 0.05) is 0 Å². The molecule has 0 heterocycles. The van der Waals surface area contributed by atoms with Gasteiger partial charge in [-0.1, -0.05) is 41.5 Å². The van der Waals surface area contributed by atoms with E-state index in [1.54, 1.807) is 0 Å². The molecule has 0 aliphatic rings. The summed E-state index contributed by atoms with van der Waals surface area (Å²) in [6.07, 6.45) is 3.74. The molecule has 0 fully saturated rings. The second kappa shape index (κ2) is 10.6. The minimum atomic E-state index is 0.354. The third-order valence-electron chi connectivity index (χ3n) is 2.81. The zero-order chi connectivity index (χ0) is 18.1. The van der Waals surface area contributed by atoms with Crippen molar-refractivity contribution in [2.24, 2.45) is 10.8 Å². The maximum absolute atomic E-state index is 5.63. The van der Waals surface area contributed by atoms with Gasteiger partial charge in [-0.15, -0.1) is 0 Å². The minimum Gasteiger partial charge on any atom is -0.376 e. The predicted molar refractivity (Wildman–Crippen MR) is 99.5 cm³/mol. The van der Waals surface area contributed by atoms with Crippen molar-refractivity contribution >= 4 is 0 Å². The molecular weight excluding hydrogens is 272 g/mol. The molecule has 0 saturated heterocycles. The monoisotopic (exact) mass is 316 g/mol. The van der Waals surface area contributed by atoms with Crippen molar-refractivity contribution in [3.05, 3.63) is 0 Å². The first-order valence-electron chi connectivity index (χ1n) is 8.93. The van der Waals surface area contributed by atoms with E-state index in [-0.39, 0.29) is 0 Å². The lowest BCUT2D eigenvalue weighted by atomic mass is 9.90. The second-order valence-corrected chi connectivity index (χ2v) is 9.52. The van der Waals surface area contributed by atoms with Crippen LogP contribution in [0.25, 0.3) is 0 Å². The number of ether oxygens (including phenoxy) is 2. The molecule has 2 atom stereocenters. The van der Waals surface area contributed by atoms with Crippen LogP contribution in [-0.4, -0.2) is 24.4 Å². The van der Waals surface area contributed by atoms with Gasteiger partial charge in [0.2, 0.25) is 0 Å². The maximum atomic E-state index is 5.63. The van der Waals surface area contributed by atoms with Crippen LogP contribution in [0, 0.1) is 10.8 Å². The summed E-state index contributed by atoms with van der Waals surface area (Å²) in [4.78, 5) is 0. The van der Waals surface area contributed by atoms with Crippen LogP contribution in [0.3, 0.4) is 0 Å². The molecular formula is C20H44O2. The molecule has 22 heavy (non-hydrogen) atoms. The lowest BCUT2D eigenvalue weighted by molar-refractivity contribution is -0.00276. The summed E-state index contributed by atoms with van der Waals surface area (Å²) < 4.78 is 11.3. The molecule has 0 radical (unpaired) electrons. The van der Waals surface area contributed by atoms with Crippen LogP contribution in [0.2, 0.25) is 0 Å². The minimum absolute atomic E-state index is 0.354. The van der Waals surface area contributed by atoms with Crippen molar-refractivity contribution in [3.63, 3.8) is 0 Å². The number of hydrogen-bond acceptors (Lipinski definition) is 2. The van der Waals surface area contributed by atoms with E-state index in [9.17, 15) is 0 Å². The fourth-order valence-corrected chi connectivity index (χ4v) is 2.75. The van der Waals surface area contributed by atoms with E-state index >= 15 is 0 Å². The number of hydrogen-bond donors (Lipinski definition) is 0. The van der Waals surface area contributed by atoms with Crippen molar-refractivity contribution in [3.8, 4) is 0 Å². The van der Waals surface area contributed by atoms with Gasteiger partial charge in [0.25, 0.3) is 0 Å². The molecule has 0 aliphatic carbocycles. The van der Waals surface area contributed by atoms with Gasteiger partial charge >= 0.3 is 0 Å². The lowest BCUT2D eigenvalue weighted by Crippen LogP contribution is -2.20. The van der Waals surface area contributed by atoms with Gasteiger partial charge in [0.15, 0.2) is 0 Å². The molecule has 136 valence electrons. The van der Waals surface area contributed by atoms with Crippen molar-refractivity contribution in [1.82, 2.24) is 0 Å². The lowest BCUT2D eigenvalue weighted by Gasteiger charge is -2.24. The van der Waals surface area contributed by atoms with Gasteiger partial charge in [-0.3, -0.25) is 0 Å². The summed E-state index contributed by atoms with van der Waals surface area (Å²) in [7, 11) is 0. The second-order valence-electron chi connectivity index (χ2n) is 9.52. The van der Waals surface area contributed by atoms with E-state index in [1.165, 1.54) is 0 Å². The van der Waals surface area contributed by atoms with Crippen molar-refractivity contribution in [1.29, 1.82) is 0 Å². The van der Waals surface area contributed by atoms with Crippen molar-refractivity contribution < 1.29 is 9.47 Å². The molecule has 0 aromatic heterocycles. The molecule has 0 aromatic carbocycles. The topological polar surface area (TPSA) is 18.5 Å². The summed E-state index contributed by atoms with van der Waals surface area (Å²) in [5.41, 5.74) is 0.766. The SMILES string of the molecule is CC(C)OC(C)CC(C)(C)C.CC(C)O[C@H](C)CC(C)(C)C. The Morgan fingerprint density at radius 3 is 0.909 bits per heavy atom. The fourth-order valence-electron chi connectivity index (χ4n) is 2.75. The van der Waals surface area contributed by atoms with Gasteiger partial charge < -0.3 is 9.47 Å². The highest BCUT2D eigenvalue weighted by Gasteiger charge is 2.16. The quantitative estimate of drug-likeness (QED) is 0.559. The zero-order valence-electron chi connectivity index (χ0n) is 17.5. The van der Waals surface area contributed by atoms with Crippen LogP contribution in [0.4, 0.5) is 0 Å². The molecule has 0 rings (SSSR count). The normalized spacial score (nSPS) is 15.5. The Kier molecular flexibility index (Phi) is 11.7. The zero-order valence-corrected chi connectivity index (χ0v) is 17.5. The van der Waals surface area contributed by atoms with Crippen LogP contribution in [-0.2, 0) is 9.47 Å². The van der Waals surface area contributed by atoms with Crippen LogP contribution < -0.4 is 0 Å². The van der Waals surface area contributed by atoms with Gasteiger partial charge in [0.1, 0.15) is 0 Å². The Hall–Kier alpha value is -0.0800. The summed E-state index contributed by atoms with van der Waals surface area (Å²) in [6, 6.07) is 0. The first kappa shape index (κ1) is 24.2. The summed E-state index contributed by atoms with van der Waals surface area (Å²) in [6.45, 7) is 26.1. The van der Waals surface area contributed by atoms with Crippen LogP contribution >= 0.6 is 0 Å². The molecule has 0 saturated carbocycles. The molecule has 0 amide bonds. The average molecular weight is 317 g/mol. The summed E-state index contributed by atoms with van der Waals surface area (Å²) in [5, 5.41) is 0. The Balaban J connectivity index is 0. The van der Waals surface area contributed by atoms with Crippen molar-refractivity contribution in [2.75, 3.05) is 0 Å². The highest BCUT2D eigenvalue weighted by Crippen LogP contribution is 2.23. The Morgan fingerprint density at radius 1 is 0.545 bits per heavy atom. The van der Waals surface area contributed by atoms with Crippen LogP contribution in [0.5, 0.6) is 0 Å². The van der Waals surface area contributed by atoms with E-state index in [1.807, 2.05) is 0 Å². The molecule has 0 aliphatic heterocycles. The fraction of sp³-hybridized carbons (Fsp3) is 1.00. The van der Waals surface area contributed by atoms with Crippen molar-refractivity contribution in [2.45, 2.75) is 120 Å². The third kappa shape index (κ3) is 22.2. The predicted octanol–water partition coefficient (Wildman–Crippen LogP) is 6.47. The first-order chi connectivity index (χ1) is 9.62.